The number of carbonyl (C=O) groups is 1. The molecule has 2 N–H and O–H groups in total. The van der Waals surface area contributed by atoms with E-state index in [2.05, 4.69) is 10.3 Å². The fourth-order valence-corrected chi connectivity index (χ4v) is 2.53. The van der Waals surface area contributed by atoms with Crippen molar-refractivity contribution in [2.24, 2.45) is 7.05 Å². The van der Waals surface area contributed by atoms with Crippen LogP contribution in [-0.2, 0) is 17.4 Å². The van der Waals surface area contributed by atoms with Crippen molar-refractivity contribution in [3.63, 3.8) is 0 Å². The number of halogens is 3. The minimum Gasteiger partial charge on any atom is -0.374 e. The number of aliphatic hydroxyl groups is 1. The van der Waals surface area contributed by atoms with Gasteiger partial charge in [0.1, 0.15) is 0 Å². The SMILES string of the molecule is C[C@H](CNC(=O)C[C@](O)(c1nccn1C)C(F)(F)F)c1ccccc1. The number of imidazole rings is 1. The topological polar surface area (TPSA) is 67.2 Å². The van der Waals surface area contributed by atoms with E-state index in [0.29, 0.717) is 0 Å². The Morgan fingerprint density at radius 2 is 1.96 bits per heavy atom. The van der Waals surface area contributed by atoms with Crippen molar-refractivity contribution in [3.8, 4) is 0 Å². The van der Waals surface area contributed by atoms with Crippen molar-refractivity contribution < 1.29 is 23.1 Å². The molecule has 5 nitrogen and oxygen atoms in total. The van der Waals surface area contributed by atoms with Gasteiger partial charge < -0.3 is 15.0 Å². The molecule has 0 radical (unpaired) electrons. The maximum absolute atomic E-state index is 13.4. The van der Waals surface area contributed by atoms with Crippen LogP contribution in [0.25, 0.3) is 0 Å². The third-order valence-corrected chi connectivity index (χ3v) is 4.05. The lowest BCUT2D eigenvalue weighted by molar-refractivity contribution is -0.271. The van der Waals surface area contributed by atoms with E-state index in [1.165, 1.54) is 13.2 Å². The molecule has 0 aliphatic carbocycles. The molecule has 0 unspecified atom stereocenters. The van der Waals surface area contributed by atoms with E-state index in [4.69, 9.17) is 0 Å². The Balaban J connectivity index is 2.07. The number of hydrogen-bond donors (Lipinski definition) is 2. The third-order valence-electron chi connectivity index (χ3n) is 4.05. The molecular formula is C17H20F3N3O2. The Morgan fingerprint density at radius 3 is 2.48 bits per heavy atom. The summed E-state index contributed by atoms with van der Waals surface area (Å²) >= 11 is 0. The van der Waals surface area contributed by atoms with Crippen LogP contribution in [0.4, 0.5) is 13.2 Å². The smallest absolute Gasteiger partial charge is 0.374 e. The van der Waals surface area contributed by atoms with Crippen LogP contribution < -0.4 is 5.32 Å². The molecule has 8 heteroatoms. The quantitative estimate of drug-likeness (QED) is 0.837. The second kappa shape index (κ2) is 7.26. The molecule has 2 aromatic rings. The number of amides is 1. The normalized spacial score (nSPS) is 15.4. The van der Waals surface area contributed by atoms with Crippen molar-refractivity contribution in [3.05, 3.63) is 54.1 Å². The summed E-state index contributed by atoms with van der Waals surface area (Å²) in [5.41, 5.74) is -2.39. The highest BCUT2D eigenvalue weighted by Gasteiger charge is 2.58. The first kappa shape index (κ1) is 19.0. The van der Waals surface area contributed by atoms with Crippen molar-refractivity contribution in [2.75, 3.05) is 6.54 Å². The number of nitrogens with zero attached hydrogens (tertiary/aromatic N) is 2. The van der Waals surface area contributed by atoms with Crippen molar-refractivity contribution in [1.82, 2.24) is 14.9 Å². The molecule has 1 amide bonds. The Morgan fingerprint density at radius 1 is 1.32 bits per heavy atom. The van der Waals surface area contributed by atoms with Crippen molar-refractivity contribution in [2.45, 2.75) is 31.0 Å². The number of aryl methyl sites for hydroxylation is 1. The Labute approximate surface area is 143 Å². The number of rotatable bonds is 6. The van der Waals surface area contributed by atoms with Crippen LogP contribution in [0.2, 0.25) is 0 Å². The summed E-state index contributed by atoms with van der Waals surface area (Å²) < 4.78 is 41.2. The lowest BCUT2D eigenvalue weighted by atomic mass is 9.96. The van der Waals surface area contributed by atoms with Gasteiger partial charge in [-0.05, 0) is 11.5 Å². The molecule has 0 aliphatic heterocycles. The van der Waals surface area contributed by atoms with E-state index in [1.54, 1.807) is 0 Å². The van der Waals surface area contributed by atoms with Crippen LogP contribution in [0.3, 0.4) is 0 Å². The van der Waals surface area contributed by atoms with Gasteiger partial charge in [0.05, 0.1) is 6.42 Å². The highest BCUT2D eigenvalue weighted by Crippen LogP contribution is 2.40. The van der Waals surface area contributed by atoms with Crippen LogP contribution in [0, 0.1) is 0 Å². The molecule has 0 bridgehead atoms. The van der Waals surface area contributed by atoms with Crippen LogP contribution in [0.15, 0.2) is 42.7 Å². The summed E-state index contributed by atoms with van der Waals surface area (Å²) in [7, 11) is 1.33. The Hall–Kier alpha value is -2.35. The first-order chi connectivity index (χ1) is 11.6. The van der Waals surface area contributed by atoms with Crippen LogP contribution in [0.5, 0.6) is 0 Å². The van der Waals surface area contributed by atoms with Gasteiger partial charge in [-0.1, -0.05) is 37.3 Å². The van der Waals surface area contributed by atoms with Gasteiger partial charge in [-0.3, -0.25) is 4.79 Å². The van der Waals surface area contributed by atoms with Gasteiger partial charge in [0.2, 0.25) is 11.5 Å². The minimum atomic E-state index is -5.03. The molecule has 2 rings (SSSR count). The van der Waals surface area contributed by atoms with Crippen LogP contribution >= 0.6 is 0 Å². The standard InChI is InChI=1S/C17H20F3N3O2/c1-12(13-6-4-3-5-7-13)11-22-14(24)10-16(25,17(18,19)20)15-21-8-9-23(15)2/h3-9,12,25H,10-11H2,1-2H3,(H,22,24)/t12-,16+/m1/s1. The lowest BCUT2D eigenvalue weighted by Crippen LogP contribution is -2.48. The number of benzene rings is 1. The second-order valence-electron chi connectivity index (χ2n) is 6.01. The van der Waals surface area contributed by atoms with Gasteiger partial charge in [0, 0.05) is 26.0 Å². The van der Waals surface area contributed by atoms with Gasteiger partial charge >= 0.3 is 6.18 Å². The van der Waals surface area contributed by atoms with E-state index < -0.39 is 29.9 Å². The largest absolute Gasteiger partial charge is 0.425 e. The maximum atomic E-state index is 13.4. The molecule has 136 valence electrons. The predicted octanol–water partition coefficient (Wildman–Crippen LogP) is 2.48. The number of carbonyl (C=O) groups excluding carboxylic acids is 1. The van der Waals surface area contributed by atoms with E-state index in [-0.39, 0.29) is 12.5 Å². The van der Waals surface area contributed by atoms with Gasteiger partial charge in [-0.25, -0.2) is 4.98 Å². The zero-order chi connectivity index (χ0) is 18.7. The Bertz CT molecular complexity index is 715. The number of alkyl halides is 3. The number of aromatic nitrogens is 2. The summed E-state index contributed by atoms with van der Waals surface area (Å²) in [5.74, 6) is -1.59. The summed E-state index contributed by atoms with van der Waals surface area (Å²) in [5, 5.41) is 12.6. The van der Waals surface area contributed by atoms with E-state index in [0.717, 1.165) is 16.3 Å². The molecule has 2 atom stereocenters. The summed E-state index contributed by atoms with van der Waals surface area (Å²) in [4.78, 5) is 15.6. The average molecular weight is 355 g/mol. The van der Waals surface area contributed by atoms with Gasteiger partial charge in [-0.2, -0.15) is 13.2 Å². The molecular weight excluding hydrogens is 335 g/mol. The number of hydrogen-bond acceptors (Lipinski definition) is 3. The third kappa shape index (κ3) is 4.19. The molecule has 0 spiro atoms. The highest BCUT2D eigenvalue weighted by molar-refractivity contribution is 5.77. The summed E-state index contributed by atoms with van der Waals surface area (Å²) in [6.45, 7) is 2.02. The minimum absolute atomic E-state index is 0.0720. The van der Waals surface area contributed by atoms with Crippen LogP contribution in [0.1, 0.15) is 30.7 Å². The molecule has 1 aromatic heterocycles. The molecule has 0 saturated heterocycles. The van der Waals surface area contributed by atoms with Crippen molar-refractivity contribution >= 4 is 5.91 Å². The second-order valence-corrected chi connectivity index (χ2v) is 6.01. The zero-order valence-electron chi connectivity index (χ0n) is 13.9. The summed E-state index contributed by atoms with van der Waals surface area (Å²) in [6.07, 6.45) is -3.76. The molecule has 1 heterocycles. The molecule has 0 aliphatic rings. The lowest BCUT2D eigenvalue weighted by Gasteiger charge is -2.29. The van der Waals surface area contributed by atoms with Crippen molar-refractivity contribution in [1.29, 1.82) is 0 Å². The van der Waals surface area contributed by atoms with E-state index >= 15 is 0 Å². The monoisotopic (exact) mass is 355 g/mol. The molecule has 25 heavy (non-hydrogen) atoms. The van der Waals surface area contributed by atoms with Gasteiger partial charge in [0.15, 0.2) is 5.82 Å². The predicted molar refractivity (Wildman–Crippen MR) is 85.6 cm³/mol. The van der Waals surface area contributed by atoms with E-state index in [9.17, 15) is 23.1 Å². The maximum Gasteiger partial charge on any atom is 0.425 e. The van der Waals surface area contributed by atoms with Gasteiger partial charge in [-0.15, -0.1) is 0 Å². The number of nitrogens with one attached hydrogen (secondary N) is 1. The first-order valence-electron chi connectivity index (χ1n) is 7.73. The zero-order valence-corrected chi connectivity index (χ0v) is 13.9. The summed E-state index contributed by atoms with van der Waals surface area (Å²) in [6, 6.07) is 9.28. The van der Waals surface area contributed by atoms with Crippen LogP contribution in [-0.4, -0.2) is 33.3 Å². The molecule has 0 fully saturated rings. The average Bonchev–Trinajstić information content (AvgIpc) is 2.99. The fraction of sp³-hybridized carbons (Fsp3) is 0.412. The molecule has 1 aromatic carbocycles. The van der Waals surface area contributed by atoms with E-state index in [1.807, 2.05) is 37.3 Å². The first-order valence-corrected chi connectivity index (χ1v) is 7.73. The highest BCUT2D eigenvalue weighted by atomic mass is 19.4. The Kier molecular flexibility index (Phi) is 5.52. The van der Waals surface area contributed by atoms with Gasteiger partial charge in [0.25, 0.3) is 0 Å². The fourth-order valence-electron chi connectivity index (χ4n) is 2.53. The molecule has 0 saturated carbocycles.